The molecule has 1 aliphatic heterocycles. The molecule has 3 heterocycles. The Kier molecular flexibility index (Phi) is 8.27. The minimum Gasteiger partial charge on any atom is -0.387 e. The number of anilines is 1. The standard InChI is InChI=1S/C12H10BrN5.C5H11O8P/c13-9-3-1-2-8(4-9)5-14-11-10-12(16-6-15-10)18-7-17-11;6-3-2(1-12-14(9,10)11)13-5(8)4(3)7/h1-4,6-7H,5H2,(H2,14,15,16,17,18);2-8H,1H2,(H2,9,10,11)/t;2-,3-,4-,5?/m.1/s1. The predicted molar refractivity (Wildman–Crippen MR) is 114 cm³/mol. The minimum atomic E-state index is -4.64. The van der Waals surface area contributed by atoms with Crippen LogP contribution < -0.4 is 5.32 Å². The van der Waals surface area contributed by atoms with Gasteiger partial charge < -0.3 is 40.1 Å². The highest BCUT2D eigenvalue weighted by Crippen LogP contribution is 2.37. The number of aromatic amines is 1. The van der Waals surface area contributed by atoms with E-state index in [0.717, 1.165) is 15.8 Å². The molecule has 1 saturated heterocycles. The summed E-state index contributed by atoms with van der Waals surface area (Å²) < 4.78 is 19.9. The lowest BCUT2D eigenvalue weighted by Crippen LogP contribution is -2.34. The first-order chi connectivity index (χ1) is 15.1. The number of fused-ring (bicyclic) bond motifs is 1. The summed E-state index contributed by atoms with van der Waals surface area (Å²) in [6.45, 7) is 0.0874. The van der Waals surface area contributed by atoms with Crippen molar-refractivity contribution in [1.29, 1.82) is 0 Å². The van der Waals surface area contributed by atoms with Gasteiger partial charge in [0.25, 0.3) is 0 Å². The number of aliphatic hydroxyl groups excluding tert-OH is 3. The summed E-state index contributed by atoms with van der Waals surface area (Å²) in [6.07, 6.45) is -2.55. The van der Waals surface area contributed by atoms with Crippen molar-refractivity contribution in [3.8, 4) is 0 Å². The number of H-pyrrole nitrogens is 1. The van der Waals surface area contributed by atoms with Gasteiger partial charge in [-0.25, -0.2) is 19.5 Å². The van der Waals surface area contributed by atoms with Crippen LogP contribution in [0.5, 0.6) is 0 Å². The molecule has 3 aromatic rings. The second-order valence-electron chi connectivity index (χ2n) is 6.64. The van der Waals surface area contributed by atoms with Gasteiger partial charge in [0.1, 0.15) is 30.2 Å². The van der Waals surface area contributed by atoms with Crippen LogP contribution in [0.3, 0.4) is 0 Å². The number of phosphoric ester groups is 1. The quantitative estimate of drug-likeness (QED) is 0.213. The van der Waals surface area contributed by atoms with E-state index in [1.165, 1.54) is 11.9 Å². The fourth-order valence-corrected chi connectivity index (χ4v) is 3.56. The van der Waals surface area contributed by atoms with Crippen LogP contribution in [0.25, 0.3) is 11.2 Å². The Labute approximate surface area is 189 Å². The van der Waals surface area contributed by atoms with Crippen molar-refractivity contribution in [1.82, 2.24) is 19.9 Å². The summed E-state index contributed by atoms with van der Waals surface area (Å²) in [6, 6.07) is 8.13. The Morgan fingerprint density at radius 3 is 2.62 bits per heavy atom. The number of aromatic nitrogens is 4. The van der Waals surface area contributed by atoms with E-state index in [0.29, 0.717) is 12.2 Å². The number of imidazole rings is 1. The van der Waals surface area contributed by atoms with E-state index in [9.17, 15) is 4.57 Å². The molecule has 0 aliphatic carbocycles. The van der Waals surface area contributed by atoms with Crippen LogP contribution in [0.1, 0.15) is 5.56 Å². The molecule has 0 radical (unpaired) electrons. The molecule has 4 rings (SSSR count). The first-order valence-electron chi connectivity index (χ1n) is 9.16. The predicted octanol–water partition coefficient (Wildman–Crippen LogP) is 0.262. The van der Waals surface area contributed by atoms with Gasteiger partial charge in [-0.2, -0.15) is 0 Å². The maximum Gasteiger partial charge on any atom is 0.469 e. The van der Waals surface area contributed by atoms with Gasteiger partial charge in [-0.05, 0) is 17.7 Å². The van der Waals surface area contributed by atoms with Crippen LogP contribution in [-0.2, 0) is 20.4 Å². The molecule has 4 atom stereocenters. The molecular weight excluding hydrogens is 513 g/mol. The summed E-state index contributed by atoms with van der Waals surface area (Å²) in [5.41, 5.74) is 2.67. The maximum absolute atomic E-state index is 10.3. The molecule has 1 unspecified atom stereocenters. The summed E-state index contributed by atoms with van der Waals surface area (Å²) in [5, 5.41) is 30.3. The van der Waals surface area contributed by atoms with Crippen LogP contribution >= 0.6 is 23.8 Å². The number of aliphatic hydroxyl groups is 3. The van der Waals surface area contributed by atoms with E-state index in [1.807, 2.05) is 12.1 Å². The van der Waals surface area contributed by atoms with Crippen molar-refractivity contribution in [3.63, 3.8) is 0 Å². The number of hydrogen-bond acceptors (Lipinski definition) is 10. The van der Waals surface area contributed by atoms with Crippen LogP contribution in [0.15, 0.2) is 41.4 Å². The average Bonchev–Trinajstić information content (AvgIpc) is 3.32. The molecular formula is C17H21BrN5O8P. The van der Waals surface area contributed by atoms with Crippen molar-refractivity contribution in [2.75, 3.05) is 11.9 Å². The topological polar surface area (TPSA) is 203 Å². The molecule has 1 aliphatic rings. The van der Waals surface area contributed by atoms with Crippen LogP contribution in [0.4, 0.5) is 5.82 Å². The fraction of sp³-hybridized carbons (Fsp3) is 0.353. The fourth-order valence-electron chi connectivity index (χ4n) is 2.77. The van der Waals surface area contributed by atoms with Crippen molar-refractivity contribution in [3.05, 3.63) is 47.0 Å². The van der Waals surface area contributed by atoms with Gasteiger partial charge in [0, 0.05) is 11.0 Å². The Bertz CT molecular complexity index is 1080. The van der Waals surface area contributed by atoms with Gasteiger partial charge in [-0.3, -0.25) is 4.52 Å². The van der Waals surface area contributed by atoms with E-state index in [4.69, 9.17) is 25.1 Å². The number of rotatable bonds is 6. The van der Waals surface area contributed by atoms with E-state index >= 15 is 0 Å². The van der Waals surface area contributed by atoms with Crippen molar-refractivity contribution < 1.29 is 38.9 Å². The lowest BCUT2D eigenvalue weighted by atomic mass is 10.1. The molecule has 2 aromatic heterocycles. The Hall–Kier alpha value is -2.00. The first-order valence-corrected chi connectivity index (χ1v) is 11.5. The minimum absolute atomic E-state index is 0.612. The lowest BCUT2D eigenvalue weighted by molar-refractivity contribution is -0.132. The maximum atomic E-state index is 10.3. The van der Waals surface area contributed by atoms with Crippen molar-refractivity contribution in [2.45, 2.75) is 31.1 Å². The number of phosphoric acid groups is 1. The van der Waals surface area contributed by atoms with Gasteiger partial charge in [0.15, 0.2) is 17.8 Å². The smallest absolute Gasteiger partial charge is 0.387 e. The number of halogens is 1. The third-order valence-electron chi connectivity index (χ3n) is 4.32. The SMILES string of the molecule is Brc1cccc(CNc2ncnc3nc[nH]c23)c1.O=P(O)(O)OC[C@H]1OC(O)[C@H](O)[C@@H]1O. The molecule has 0 bridgehead atoms. The third kappa shape index (κ3) is 6.75. The zero-order chi connectivity index (χ0) is 23.3. The normalized spacial score (nSPS) is 23.1. The second kappa shape index (κ2) is 10.7. The average molecular weight is 534 g/mol. The monoisotopic (exact) mass is 533 g/mol. The Morgan fingerprint density at radius 1 is 1.19 bits per heavy atom. The number of nitrogens with zero attached hydrogens (tertiary/aromatic N) is 3. The third-order valence-corrected chi connectivity index (χ3v) is 5.29. The molecule has 32 heavy (non-hydrogen) atoms. The van der Waals surface area contributed by atoms with E-state index in [1.54, 1.807) is 6.33 Å². The zero-order valence-corrected chi connectivity index (χ0v) is 18.8. The number of nitrogens with one attached hydrogen (secondary N) is 2. The molecule has 13 nitrogen and oxygen atoms in total. The Morgan fingerprint density at radius 2 is 1.97 bits per heavy atom. The second-order valence-corrected chi connectivity index (χ2v) is 8.79. The molecule has 1 aromatic carbocycles. The first kappa shape index (κ1) is 24.6. The van der Waals surface area contributed by atoms with Crippen LogP contribution in [-0.4, -0.2) is 76.3 Å². The zero-order valence-electron chi connectivity index (χ0n) is 16.3. The van der Waals surface area contributed by atoms with Gasteiger partial charge >= 0.3 is 7.82 Å². The molecule has 0 spiro atoms. The number of hydrogen-bond donors (Lipinski definition) is 7. The van der Waals surface area contributed by atoms with E-state index in [-0.39, 0.29) is 0 Å². The van der Waals surface area contributed by atoms with E-state index < -0.39 is 39.0 Å². The van der Waals surface area contributed by atoms with Gasteiger partial charge in [-0.1, -0.05) is 28.1 Å². The summed E-state index contributed by atoms with van der Waals surface area (Å²) >= 11 is 3.45. The molecule has 0 amide bonds. The van der Waals surface area contributed by atoms with E-state index in [2.05, 4.69) is 62.6 Å². The summed E-state index contributed by atoms with van der Waals surface area (Å²) in [5.74, 6) is 0.762. The molecule has 174 valence electrons. The lowest BCUT2D eigenvalue weighted by Gasteiger charge is -2.14. The van der Waals surface area contributed by atoms with Crippen LogP contribution in [0.2, 0.25) is 0 Å². The molecule has 1 fully saturated rings. The van der Waals surface area contributed by atoms with Gasteiger partial charge in [-0.15, -0.1) is 0 Å². The van der Waals surface area contributed by atoms with Crippen LogP contribution in [0, 0.1) is 0 Å². The highest BCUT2D eigenvalue weighted by Gasteiger charge is 2.42. The number of ether oxygens (including phenoxy) is 1. The van der Waals surface area contributed by atoms with Crippen molar-refractivity contribution in [2.24, 2.45) is 0 Å². The van der Waals surface area contributed by atoms with Gasteiger partial charge in [0.2, 0.25) is 0 Å². The largest absolute Gasteiger partial charge is 0.469 e. The Balaban J connectivity index is 0.000000188. The highest BCUT2D eigenvalue weighted by molar-refractivity contribution is 9.10. The summed E-state index contributed by atoms with van der Waals surface area (Å²) in [4.78, 5) is 32.0. The van der Waals surface area contributed by atoms with Crippen molar-refractivity contribution >= 4 is 40.7 Å². The molecule has 7 N–H and O–H groups in total. The molecule has 0 saturated carbocycles. The molecule has 15 heteroatoms. The highest BCUT2D eigenvalue weighted by atomic mass is 79.9. The van der Waals surface area contributed by atoms with Gasteiger partial charge in [0.05, 0.1) is 12.9 Å². The number of benzene rings is 1. The summed E-state index contributed by atoms with van der Waals surface area (Å²) in [7, 11) is -4.64.